The van der Waals surface area contributed by atoms with Gasteiger partial charge in [0, 0.05) is 38.7 Å². The van der Waals surface area contributed by atoms with E-state index >= 15 is 0 Å². The van der Waals surface area contributed by atoms with Crippen molar-refractivity contribution < 1.29 is 9.47 Å². The summed E-state index contributed by atoms with van der Waals surface area (Å²) in [6.45, 7) is 9.75. The van der Waals surface area contributed by atoms with Gasteiger partial charge in [-0.25, -0.2) is 0 Å². The third kappa shape index (κ3) is 8.06. The number of likely N-dealkylation sites (tertiary alicyclic amines) is 1. The van der Waals surface area contributed by atoms with Gasteiger partial charge < -0.3 is 19.7 Å². The fraction of sp³-hybridized carbons (Fsp3) is 0.696. The van der Waals surface area contributed by atoms with Crippen LogP contribution in [0.2, 0.25) is 0 Å². The Balaban J connectivity index is 0.00000300. The lowest BCUT2D eigenvalue weighted by Gasteiger charge is -2.35. The van der Waals surface area contributed by atoms with Crippen LogP contribution in [0.1, 0.15) is 57.4 Å². The van der Waals surface area contributed by atoms with Crippen molar-refractivity contribution in [1.82, 2.24) is 10.2 Å². The second-order valence-corrected chi connectivity index (χ2v) is 8.01. The summed E-state index contributed by atoms with van der Waals surface area (Å²) in [5.74, 6) is 1.46. The predicted molar refractivity (Wildman–Crippen MR) is 130 cm³/mol. The van der Waals surface area contributed by atoms with Gasteiger partial charge in [-0.3, -0.25) is 4.99 Å². The van der Waals surface area contributed by atoms with Gasteiger partial charge in [-0.15, -0.1) is 24.0 Å². The van der Waals surface area contributed by atoms with Gasteiger partial charge in [0.25, 0.3) is 0 Å². The molecular weight excluding hydrogens is 477 g/mol. The van der Waals surface area contributed by atoms with Gasteiger partial charge in [-0.05, 0) is 44.6 Å². The van der Waals surface area contributed by atoms with E-state index in [1.807, 2.05) is 0 Å². The largest absolute Gasteiger partial charge is 0.376 e. The summed E-state index contributed by atoms with van der Waals surface area (Å²) in [6.07, 6.45) is 6.41. The van der Waals surface area contributed by atoms with Crippen molar-refractivity contribution in [2.45, 2.75) is 64.1 Å². The Hall–Kier alpha value is -0.860. The SMILES string of the molecule is CCNC(=NCC(C)c1ccccc1)N1CCC(OCC2CCCCO2)CC1.I. The highest BCUT2D eigenvalue weighted by molar-refractivity contribution is 14.0. The first-order valence-corrected chi connectivity index (χ1v) is 11.1. The zero-order valence-electron chi connectivity index (χ0n) is 18.0. The summed E-state index contributed by atoms with van der Waals surface area (Å²) >= 11 is 0. The van der Waals surface area contributed by atoms with Crippen molar-refractivity contribution in [2.24, 2.45) is 4.99 Å². The van der Waals surface area contributed by atoms with Crippen LogP contribution in [-0.4, -0.2) is 62.5 Å². The molecule has 2 aliphatic rings. The highest BCUT2D eigenvalue weighted by atomic mass is 127. The smallest absolute Gasteiger partial charge is 0.193 e. The Labute approximate surface area is 193 Å². The second kappa shape index (κ2) is 13.4. The van der Waals surface area contributed by atoms with Crippen LogP contribution in [0.3, 0.4) is 0 Å². The maximum Gasteiger partial charge on any atom is 0.193 e. The highest BCUT2D eigenvalue weighted by Crippen LogP contribution is 2.19. The van der Waals surface area contributed by atoms with Gasteiger partial charge in [0.2, 0.25) is 0 Å². The molecule has 0 bridgehead atoms. The third-order valence-electron chi connectivity index (χ3n) is 5.75. The van der Waals surface area contributed by atoms with Gasteiger partial charge in [-0.2, -0.15) is 0 Å². The van der Waals surface area contributed by atoms with Crippen LogP contribution < -0.4 is 5.32 Å². The van der Waals surface area contributed by atoms with Crippen LogP contribution in [0, 0.1) is 0 Å². The Morgan fingerprint density at radius 1 is 1.21 bits per heavy atom. The Morgan fingerprint density at radius 3 is 2.62 bits per heavy atom. The van der Waals surface area contributed by atoms with E-state index in [-0.39, 0.29) is 24.0 Å². The Morgan fingerprint density at radius 2 is 1.97 bits per heavy atom. The van der Waals surface area contributed by atoms with Crippen molar-refractivity contribution >= 4 is 29.9 Å². The van der Waals surface area contributed by atoms with E-state index in [4.69, 9.17) is 14.5 Å². The molecule has 0 aromatic heterocycles. The van der Waals surface area contributed by atoms with Gasteiger partial charge in [0.15, 0.2) is 5.96 Å². The van der Waals surface area contributed by atoms with Gasteiger partial charge in [0.05, 0.1) is 18.8 Å². The number of nitrogens with one attached hydrogen (secondary N) is 1. The third-order valence-corrected chi connectivity index (χ3v) is 5.75. The van der Waals surface area contributed by atoms with Crippen LogP contribution >= 0.6 is 24.0 Å². The quantitative estimate of drug-likeness (QED) is 0.332. The number of hydrogen-bond donors (Lipinski definition) is 1. The molecule has 2 heterocycles. The number of rotatable bonds is 7. The monoisotopic (exact) mass is 515 g/mol. The summed E-state index contributed by atoms with van der Waals surface area (Å²) in [7, 11) is 0. The number of aliphatic imine (C=N–C) groups is 1. The molecule has 2 fully saturated rings. The molecule has 0 spiro atoms. The molecule has 2 saturated heterocycles. The molecule has 3 rings (SSSR count). The van der Waals surface area contributed by atoms with Crippen molar-refractivity contribution in [3.05, 3.63) is 35.9 Å². The standard InChI is InChI=1S/C23H37N3O2.HI/c1-3-24-23(25-17-19(2)20-9-5-4-6-10-20)26-14-12-21(13-15-26)28-18-22-11-7-8-16-27-22;/h4-6,9-10,19,21-22H,3,7-8,11-18H2,1-2H3,(H,24,25);1H. The minimum absolute atomic E-state index is 0. The van der Waals surface area contributed by atoms with Crippen molar-refractivity contribution in [2.75, 3.05) is 39.4 Å². The number of nitrogens with zero attached hydrogens (tertiary/aromatic N) is 2. The van der Waals surface area contributed by atoms with E-state index in [2.05, 4.69) is 54.4 Å². The molecule has 6 heteroatoms. The van der Waals surface area contributed by atoms with E-state index in [0.29, 0.717) is 18.1 Å². The number of piperidine rings is 1. The summed E-state index contributed by atoms with van der Waals surface area (Å²) in [5, 5.41) is 3.47. The first-order valence-electron chi connectivity index (χ1n) is 11.1. The molecule has 1 aromatic rings. The van der Waals surface area contributed by atoms with E-state index in [1.54, 1.807) is 0 Å². The molecule has 2 aliphatic heterocycles. The van der Waals surface area contributed by atoms with Crippen LogP contribution in [0.25, 0.3) is 0 Å². The lowest BCUT2D eigenvalue weighted by Crippen LogP contribution is -2.47. The molecule has 1 aromatic carbocycles. The number of guanidine groups is 1. The average molecular weight is 515 g/mol. The van der Waals surface area contributed by atoms with Gasteiger partial charge in [0.1, 0.15) is 0 Å². The molecule has 1 N–H and O–H groups in total. The number of halogens is 1. The minimum atomic E-state index is 0. The average Bonchev–Trinajstić information content (AvgIpc) is 2.77. The summed E-state index contributed by atoms with van der Waals surface area (Å²) in [4.78, 5) is 7.32. The van der Waals surface area contributed by atoms with Crippen molar-refractivity contribution in [3.8, 4) is 0 Å². The van der Waals surface area contributed by atoms with Gasteiger partial charge in [-0.1, -0.05) is 37.3 Å². The summed E-state index contributed by atoms with van der Waals surface area (Å²) < 4.78 is 11.9. The molecule has 29 heavy (non-hydrogen) atoms. The zero-order valence-corrected chi connectivity index (χ0v) is 20.3. The second-order valence-electron chi connectivity index (χ2n) is 8.01. The lowest BCUT2D eigenvalue weighted by atomic mass is 10.0. The maximum absolute atomic E-state index is 6.15. The normalized spacial score (nSPS) is 22.1. The number of ether oxygens (including phenoxy) is 2. The van der Waals surface area contributed by atoms with E-state index in [1.165, 1.54) is 18.4 Å². The Bertz CT molecular complexity index is 585. The van der Waals surface area contributed by atoms with Crippen molar-refractivity contribution in [1.29, 1.82) is 0 Å². The fourth-order valence-corrected chi connectivity index (χ4v) is 3.95. The lowest BCUT2D eigenvalue weighted by molar-refractivity contribution is -0.0721. The number of hydrogen-bond acceptors (Lipinski definition) is 3. The van der Waals surface area contributed by atoms with Crippen LogP contribution in [0.4, 0.5) is 0 Å². The summed E-state index contributed by atoms with van der Waals surface area (Å²) in [5.41, 5.74) is 1.35. The molecule has 2 unspecified atom stereocenters. The van der Waals surface area contributed by atoms with E-state index < -0.39 is 0 Å². The molecule has 0 aliphatic carbocycles. The minimum Gasteiger partial charge on any atom is -0.376 e. The van der Waals surface area contributed by atoms with Crippen LogP contribution in [0.5, 0.6) is 0 Å². The Kier molecular flexibility index (Phi) is 11.3. The van der Waals surface area contributed by atoms with E-state index in [0.717, 1.165) is 64.6 Å². The predicted octanol–water partition coefficient (Wildman–Crippen LogP) is 4.42. The molecular formula is C23H38IN3O2. The molecule has 0 radical (unpaired) electrons. The summed E-state index contributed by atoms with van der Waals surface area (Å²) in [6, 6.07) is 10.6. The highest BCUT2D eigenvalue weighted by Gasteiger charge is 2.24. The first kappa shape index (κ1) is 24.4. The maximum atomic E-state index is 6.15. The van der Waals surface area contributed by atoms with Crippen molar-refractivity contribution in [3.63, 3.8) is 0 Å². The van der Waals surface area contributed by atoms with Crippen LogP contribution in [0.15, 0.2) is 35.3 Å². The van der Waals surface area contributed by atoms with E-state index in [9.17, 15) is 0 Å². The topological polar surface area (TPSA) is 46.1 Å². The first-order chi connectivity index (χ1) is 13.8. The van der Waals surface area contributed by atoms with Crippen LogP contribution in [-0.2, 0) is 9.47 Å². The zero-order chi connectivity index (χ0) is 19.6. The molecule has 0 amide bonds. The molecule has 2 atom stereocenters. The molecule has 0 saturated carbocycles. The molecule has 164 valence electrons. The fourth-order valence-electron chi connectivity index (χ4n) is 3.95. The number of benzene rings is 1. The van der Waals surface area contributed by atoms with Gasteiger partial charge >= 0.3 is 0 Å². The molecule has 5 nitrogen and oxygen atoms in total.